The summed E-state index contributed by atoms with van der Waals surface area (Å²) in [7, 11) is 0. The summed E-state index contributed by atoms with van der Waals surface area (Å²) in [5.74, 6) is -1.16. The van der Waals surface area contributed by atoms with Crippen LogP contribution in [-0.2, 0) is 4.79 Å². The van der Waals surface area contributed by atoms with Crippen molar-refractivity contribution in [1.29, 1.82) is 0 Å². The highest BCUT2D eigenvalue weighted by molar-refractivity contribution is 5.82. The van der Waals surface area contributed by atoms with E-state index in [1.165, 1.54) is 0 Å². The predicted octanol–water partition coefficient (Wildman–Crippen LogP) is -0.303. The number of aliphatic hydroxyl groups excluding tert-OH is 1. The smallest absolute Gasteiger partial charge is 0.326 e. The number of aliphatic carboxylic acids is 1. The third-order valence-corrected chi connectivity index (χ3v) is 1.66. The molecule has 0 spiro atoms. The van der Waals surface area contributed by atoms with Crippen molar-refractivity contribution in [2.24, 2.45) is 0 Å². The van der Waals surface area contributed by atoms with Crippen LogP contribution in [0.2, 0.25) is 0 Å². The van der Waals surface area contributed by atoms with Gasteiger partial charge < -0.3 is 20.8 Å². The van der Waals surface area contributed by atoms with Gasteiger partial charge in [0.1, 0.15) is 6.04 Å². The van der Waals surface area contributed by atoms with Crippen LogP contribution in [0.15, 0.2) is 12.7 Å². The van der Waals surface area contributed by atoms with E-state index in [0.717, 1.165) is 0 Å². The number of carboxylic acid groups (broad SMARTS) is 1. The molecule has 0 radical (unpaired) electrons. The first-order chi connectivity index (χ1) is 7.11. The van der Waals surface area contributed by atoms with Gasteiger partial charge in [-0.15, -0.1) is 6.58 Å². The Hall–Kier alpha value is -1.56. The number of nitrogens with one attached hydrogen (secondary N) is 2. The van der Waals surface area contributed by atoms with Gasteiger partial charge >= 0.3 is 12.0 Å². The van der Waals surface area contributed by atoms with Gasteiger partial charge in [0, 0.05) is 19.6 Å². The Labute approximate surface area is 88.0 Å². The van der Waals surface area contributed by atoms with E-state index in [4.69, 9.17) is 10.2 Å². The fourth-order valence-corrected chi connectivity index (χ4v) is 0.884. The number of aliphatic hydroxyl groups is 1. The molecule has 2 amide bonds. The minimum Gasteiger partial charge on any atom is -0.480 e. The SMILES string of the molecule is C=CCCNC(=O)N[C@@H](CCO)C(=O)O. The normalized spacial score (nSPS) is 11.5. The summed E-state index contributed by atoms with van der Waals surface area (Å²) in [5.41, 5.74) is 0. The minimum atomic E-state index is -1.16. The molecule has 0 aromatic carbocycles. The molecule has 15 heavy (non-hydrogen) atoms. The van der Waals surface area contributed by atoms with Crippen LogP contribution in [0.25, 0.3) is 0 Å². The zero-order chi connectivity index (χ0) is 11.7. The van der Waals surface area contributed by atoms with Crippen molar-refractivity contribution in [3.8, 4) is 0 Å². The highest BCUT2D eigenvalue weighted by Crippen LogP contribution is 1.91. The number of hydrogen-bond donors (Lipinski definition) is 4. The van der Waals surface area contributed by atoms with E-state index in [1.54, 1.807) is 6.08 Å². The van der Waals surface area contributed by atoms with Gasteiger partial charge in [-0.3, -0.25) is 0 Å². The molecule has 6 nitrogen and oxygen atoms in total. The van der Waals surface area contributed by atoms with Crippen molar-refractivity contribution < 1.29 is 19.8 Å². The molecule has 0 rings (SSSR count). The molecule has 0 saturated carbocycles. The topological polar surface area (TPSA) is 98.7 Å². The monoisotopic (exact) mass is 216 g/mol. The van der Waals surface area contributed by atoms with Crippen molar-refractivity contribution in [2.45, 2.75) is 18.9 Å². The van der Waals surface area contributed by atoms with Crippen molar-refractivity contribution >= 4 is 12.0 Å². The lowest BCUT2D eigenvalue weighted by molar-refractivity contribution is -0.139. The predicted molar refractivity (Wildman–Crippen MR) is 54.5 cm³/mol. The number of amides is 2. The summed E-state index contributed by atoms with van der Waals surface area (Å²) < 4.78 is 0. The molecular weight excluding hydrogens is 200 g/mol. The number of carbonyl (C=O) groups excluding carboxylic acids is 1. The average Bonchev–Trinajstić information content (AvgIpc) is 2.17. The van der Waals surface area contributed by atoms with Gasteiger partial charge in [-0.2, -0.15) is 0 Å². The first kappa shape index (κ1) is 13.4. The lowest BCUT2D eigenvalue weighted by Gasteiger charge is -2.13. The zero-order valence-corrected chi connectivity index (χ0v) is 8.40. The summed E-state index contributed by atoms with van der Waals surface area (Å²) >= 11 is 0. The van der Waals surface area contributed by atoms with Crippen molar-refractivity contribution in [3.05, 3.63) is 12.7 Å². The molecule has 0 bridgehead atoms. The standard InChI is InChI=1S/C9H16N2O4/c1-2-3-5-10-9(15)11-7(4-6-12)8(13)14/h2,7,12H,1,3-6H2,(H,13,14)(H2,10,11,15)/t7-/m0/s1. The van der Waals surface area contributed by atoms with Crippen LogP contribution in [0.4, 0.5) is 4.79 Å². The van der Waals surface area contributed by atoms with E-state index in [0.29, 0.717) is 13.0 Å². The molecular formula is C9H16N2O4. The Kier molecular flexibility index (Phi) is 7.00. The molecule has 1 atom stereocenters. The average molecular weight is 216 g/mol. The van der Waals surface area contributed by atoms with E-state index in [-0.39, 0.29) is 13.0 Å². The molecule has 0 unspecified atom stereocenters. The van der Waals surface area contributed by atoms with Gasteiger partial charge in [0.2, 0.25) is 0 Å². The summed E-state index contributed by atoms with van der Waals surface area (Å²) in [4.78, 5) is 21.7. The van der Waals surface area contributed by atoms with Gasteiger partial charge in [-0.05, 0) is 6.42 Å². The first-order valence-corrected chi connectivity index (χ1v) is 4.60. The van der Waals surface area contributed by atoms with Crippen molar-refractivity contribution in [1.82, 2.24) is 10.6 Å². The Bertz CT molecular complexity index is 230. The zero-order valence-electron chi connectivity index (χ0n) is 8.40. The largest absolute Gasteiger partial charge is 0.480 e. The molecule has 0 saturated heterocycles. The number of urea groups is 1. The fourth-order valence-electron chi connectivity index (χ4n) is 0.884. The second kappa shape index (κ2) is 7.81. The van der Waals surface area contributed by atoms with Crippen LogP contribution < -0.4 is 10.6 Å². The van der Waals surface area contributed by atoms with Crippen molar-refractivity contribution in [2.75, 3.05) is 13.2 Å². The molecule has 0 fully saturated rings. The maximum Gasteiger partial charge on any atom is 0.326 e. The van der Waals surface area contributed by atoms with Crippen LogP contribution in [0.3, 0.4) is 0 Å². The Morgan fingerprint density at radius 3 is 2.60 bits per heavy atom. The summed E-state index contributed by atoms with van der Waals surface area (Å²) in [6, 6.07) is -1.61. The third kappa shape index (κ3) is 6.50. The van der Waals surface area contributed by atoms with Crippen molar-refractivity contribution in [3.63, 3.8) is 0 Å². The van der Waals surface area contributed by atoms with E-state index < -0.39 is 18.0 Å². The van der Waals surface area contributed by atoms with Gasteiger partial charge in [0.25, 0.3) is 0 Å². The van der Waals surface area contributed by atoms with Crippen LogP contribution in [0, 0.1) is 0 Å². The third-order valence-electron chi connectivity index (χ3n) is 1.66. The highest BCUT2D eigenvalue weighted by Gasteiger charge is 2.18. The fraction of sp³-hybridized carbons (Fsp3) is 0.556. The second-order valence-electron chi connectivity index (χ2n) is 2.88. The summed E-state index contributed by atoms with van der Waals surface area (Å²) in [6.45, 7) is 3.59. The van der Waals surface area contributed by atoms with Gasteiger partial charge in [0.15, 0.2) is 0 Å². The molecule has 6 heteroatoms. The van der Waals surface area contributed by atoms with Crippen LogP contribution >= 0.6 is 0 Å². The van der Waals surface area contributed by atoms with E-state index in [9.17, 15) is 9.59 Å². The molecule has 86 valence electrons. The van der Waals surface area contributed by atoms with E-state index >= 15 is 0 Å². The molecule has 0 aromatic heterocycles. The minimum absolute atomic E-state index is 0.00971. The molecule has 4 N–H and O–H groups in total. The number of carboxylic acids is 1. The lowest BCUT2D eigenvalue weighted by Crippen LogP contribution is -2.46. The van der Waals surface area contributed by atoms with E-state index in [2.05, 4.69) is 17.2 Å². The number of hydrogen-bond acceptors (Lipinski definition) is 3. The summed E-state index contributed by atoms with van der Waals surface area (Å²) in [6.07, 6.45) is 2.25. The highest BCUT2D eigenvalue weighted by atomic mass is 16.4. The quantitative estimate of drug-likeness (QED) is 0.347. The van der Waals surface area contributed by atoms with Crippen LogP contribution in [0.1, 0.15) is 12.8 Å². The summed E-state index contributed by atoms with van der Waals surface area (Å²) in [5, 5.41) is 21.9. The van der Waals surface area contributed by atoms with Gasteiger partial charge in [-0.1, -0.05) is 6.08 Å². The molecule has 0 aromatic rings. The first-order valence-electron chi connectivity index (χ1n) is 4.60. The Morgan fingerprint density at radius 1 is 1.47 bits per heavy atom. The lowest BCUT2D eigenvalue weighted by atomic mass is 10.2. The van der Waals surface area contributed by atoms with Gasteiger partial charge in [-0.25, -0.2) is 9.59 Å². The maximum absolute atomic E-state index is 11.1. The van der Waals surface area contributed by atoms with Crippen LogP contribution in [0.5, 0.6) is 0 Å². The number of carbonyl (C=O) groups is 2. The Morgan fingerprint density at radius 2 is 2.13 bits per heavy atom. The molecule has 0 heterocycles. The van der Waals surface area contributed by atoms with Crippen LogP contribution in [-0.4, -0.2) is 41.4 Å². The maximum atomic E-state index is 11.1. The molecule has 0 aliphatic rings. The Balaban J connectivity index is 3.88. The van der Waals surface area contributed by atoms with Gasteiger partial charge in [0.05, 0.1) is 0 Å². The number of rotatable bonds is 7. The van der Waals surface area contributed by atoms with E-state index in [1.807, 2.05) is 0 Å². The molecule has 0 aliphatic heterocycles. The second-order valence-corrected chi connectivity index (χ2v) is 2.88. The molecule has 0 aliphatic carbocycles.